The molecule has 0 saturated heterocycles. The monoisotopic (exact) mass is 613 g/mol. The first-order valence-electron chi connectivity index (χ1n) is 11.7. The van der Waals surface area contributed by atoms with Gasteiger partial charge in [0.05, 0.1) is 24.5 Å². The summed E-state index contributed by atoms with van der Waals surface area (Å²) in [6.07, 6.45) is 0.322. The summed E-state index contributed by atoms with van der Waals surface area (Å²) in [4.78, 5) is 23.1. The highest BCUT2D eigenvalue weighted by Crippen LogP contribution is 2.38. The van der Waals surface area contributed by atoms with Crippen molar-refractivity contribution < 1.29 is 35.7 Å². The third-order valence-electron chi connectivity index (χ3n) is 5.50. The van der Waals surface area contributed by atoms with Gasteiger partial charge in [0.25, 0.3) is 20.1 Å². The second-order valence-corrected chi connectivity index (χ2v) is 12.9. The number of rotatable bonds is 7. The number of anilines is 1. The lowest BCUT2D eigenvalue weighted by Gasteiger charge is -2.15. The molecule has 2 aromatic carbocycles. The van der Waals surface area contributed by atoms with Gasteiger partial charge in [-0.2, -0.15) is 23.4 Å². The Bertz CT molecular complexity index is 1620. The maximum absolute atomic E-state index is 12.1. The van der Waals surface area contributed by atoms with Gasteiger partial charge in [0.1, 0.15) is 16.5 Å². The Morgan fingerprint density at radius 3 is 2.48 bits per heavy atom. The first kappa shape index (κ1) is 31.0. The van der Waals surface area contributed by atoms with Crippen LogP contribution in [-0.2, 0) is 32.0 Å². The number of hydrogen-bond donors (Lipinski definition) is 3. The van der Waals surface area contributed by atoms with Crippen molar-refractivity contribution in [1.29, 1.82) is 0 Å². The van der Waals surface area contributed by atoms with Crippen LogP contribution in [0.3, 0.4) is 0 Å². The molecular formula is C24H28ClN5O8S2. The van der Waals surface area contributed by atoms with E-state index in [0.29, 0.717) is 18.9 Å². The maximum Gasteiger partial charge on any atom is 0.335 e. The molecule has 0 atom stereocenters. The van der Waals surface area contributed by atoms with Gasteiger partial charge in [0.2, 0.25) is 5.95 Å². The molecule has 13 nitrogen and oxygen atoms in total. The number of nitrogens with one attached hydrogen (secondary N) is 2. The maximum atomic E-state index is 12.1. The molecule has 0 unspecified atom stereocenters. The second kappa shape index (κ2) is 12.3. The van der Waals surface area contributed by atoms with Gasteiger partial charge in [-0.3, -0.25) is 9.87 Å². The van der Waals surface area contributed by atoms with Crippen molar-refractivity contribution >= 4 is 43.7 Å². The second-order valence-electron chi connectivity index (χ2n) is 9.22. The van der Waals surface area contributed by atoms with Gasteiger partial charge in [0, 0.05) is 11.0 Å². The van der Waals surface area contributed by atoms with E-state index in [1.165, 1.54) is 25.3 Å². The van der Waals surface area contributed by atoms with E-state index in [0.717, 1.165) is 16.9 Å². The summed E-state index contributed by atoms with van der Waals surface area (Å²) in [7, 11) is -6.68. The highest BCUT2D eigenvalue weighted by atomic mass is 35.5. The average molecular weight is 614 g/mol. The Labute approximate surface area is 237 Å². The molecule has 0 radical (unpaired) electrons. The van der Waals surface area contributed by atoms with Crippen LogP contribution >= 0.6 is 11.6 Å². The van der Waals surface area contributed by atoms with Crippen LogP contribution in [0.5, 0.6) is 11.8 Å². The number of carbonyl (C=O) groups excluding carboxylic acids is 1. The molecule has 1 aromatic heterocycles. The number of ether oxygens (including phenoxy) is 2. The largest absolute Gasteiger partial charge is 0.492 e. The quantitative estimate of drug-likeness (QED) is 0.332. The summed E-state index contributed by atoms with van der Waals surface area (Å²) in [6, 6.07) is 10.3. The molecule has 216 valence electrons. The van der Waals surface area contributed by atoms with E-state index < -0.39 is 26.2 Å². The van der Waals surface area contributed by atoms with Crippen LogP contribution in [0.4, 0.5) is 10.7 Å². The number of nitrogens with zero attached hydrogens (tertiary/aromatic N) is 3. The third-order valence-corrected chi connectivity index (χ3v) is 8.05. The van der Waals surface area contributed by atoms with E-state index >= 15 is 0 Å². The zero-order chi connectivity index (χ0) is 29.7. The summed E-state index contributed by atoms with van der Waals surface area (Å²) in [6.45, 7) is 6.38. The highest BCUT2D eigenvalue weighted by Gasteiger charge is 2.31. The summed E-state index contributed by atoms with van der Waals surface area (Å²) < 4.78 is 66.5. The van der Waals surface area contributed by atoms with Crippen LogP contribution in [0.1, 0.15) is 30.8 Å². The molecule has 0 bridgehead atoms. The van der Waals surface area contributed by atoms with E-state index in [2.05, 4.69) is 34.1 Å². The lowest BCUT2D eigenvalue weighted by atomic mass is 9.86. The topological polar surface area (TPSA) is 187 Å². The van der Waals surface area contributed by atoms with E-state index in [1.807, 2.05) is 22.9 Å². The Morgan fingerprint density at radius 1 is 1.12 bits per heavy atom. The van der Waals surface area contributed by atoms with Crippen LogP contribution in [0.2, 0.25) is 5.02 Å². The first-order valence-corrected chi connectivity index (χ1v) is 15.1. The summed E-state index contributed by atoms with van der Waals surface area (Å²) in [5.41, 5.74) is 1.97. The fraction of sp³-hybridized carbons (Fsp3) is 0.333. The predicted molar refractivity (Wildman–Crippen MR) is 147 cm³/mol. The van der Waals surface area contributed by atoms with Crippen molar-refractivity contribution in [2.45, 2.75) is 37.5 Å². The zero-order valence-corrected chi connectivity index (χ0v) is 24.4. The third kappa shape index (κ3) is 8.48. The smallest absolute Gasteiger partial charge is 0.335 e. The number of urea groups is 1. The van der Waals surface area contributed by atoms with Gasteiger partial charge in [-0.25, -0.2) is 17.9 Å². The Kier molecular flexibility index (Phi) is 9.56. The van der Waals surface area contributed by atoms with Gasteiger partial charge in [-0.1, -0.05) is 49.7 Å². The number of methoxy groups -OCH3 is 1. The highest BCUT2D eigenvalue weighted by molar-refractivity contribution is 7.90. The molecule has 0 fully saturated rings. The van der Waals surface area contributed by atoms with E-state index in [-0.39, 0.29) is 33.0 Å². The molecule has 0 aliphatic carbocycles. The minimum Gasteiger partial charge on any atom is -0.492 e. The molecule has 2 heterocycles. The van der Waals surface area contributed by atoms with Gasteiger partial charge < -0.3 is 9.47 Å². The van der Waals surface area contributed by atoms with Gasteiger partial charge >= 0.3 is 12.0 Å². The summed E-state index contributed by atoms with van der Waals surface area (Å²) >= 11 is 5.81. The van der Waals surface area contributed by atoms with Gasteiger partial charge in [-0.15, -0.1) is 0 Å². The van der Waals surface area contributed by atoms with E-state index in [4.69, 9.17) is 25.6 Å². The molecule has 40 heavy (non-hydrogen) atoms. The van der Waals surface area contributed by atoms with Crippen molar-refractivity contribution in [2.75, 3.05) is 24.8 Å². The molecular weight excluding hydrogens is 586 g/mol. The van der Waals surface area contributed by atoms with Crippen LogP contribution in [0, 0.1) is 6.92 Å². The fourth-order valence-electron chi connectivity index (χ4n) is 3.54. The van der Waals surface area contributed by atoms with Crippen LogP contribution < -0.4 is 19.5 Å². The van der Waals surface area contributed by atoms with Crippen LogP contribution in [-0.4, -0.2) is 61.8 Å². The fourth-order valence-corrected chi connectivity index (χ4v) is 5.46. The average Bonchev–Trinajstić information content (AvgIpc) is 3.16. The van der Waals surface area contributed by atoms with Crippen molar-refractivity contribution in [3.05, 3.63) is 64.4 Å². The Hall–Kier alpha value is -3.53. The molecule has 0 spiro atoms. The van der Waals surface area contributed by atoms with Crippen molar-refractivity contribution in [1.82, 2.24) is 19.7 Å². The molecule has 4 rings (SSSR count). The molecule has 2 amide bonds. The number of fused-ring (bicyclic) bond motifs is 1. The SMILES string of the molecule is CC1(C)COc2ccc(CCS(=O)(=O)O)cc21.COc1nc(C)nc(NC(=O)NS(=O)(=O)c2ccccc2Cl)n1. The number of sulfonamides is 1. The minimum atomic E-state index is -4.13. The summed E-state index contributed by atoms with van der Waals surface area (Å²) in [5, 5.41) is 2.18. The molecule has 0 saturated carbocycles. The number of aromatic nitrogens is 3. The van der Waals surface area contributed by atoms with Crippen molar-refractivity contribution in [2.24, 2.45) is 0 Å². The van der Waals surface area contributed by atoms with E-state index in [1.54, 1.807) is 13.0 Å². The van der Waals surface area contributed by atoms with Crippen LogP contribution in [0.25, 0.3) is 0 Å². The zero-order valence-electron chi connectivity index (χ0n) is 22.0. The minimum absolute atomic E-state index is 0.00882. The number of hydrogen-bond acceptors (Lipinski definition) is 10. The molecule has 3 aromatic rings. The normalized spacial score (nSPS) is 13.8. The molecule has 3 N–H and O–H groups in total. The van der Waals surface area contributed by atoms with Gasteiger partial charge in [0.15, 0.2) is 0 Å². The molecule has 1 aliphatic rings. The number of halogens is 1. The van der Waals surface area contributed by atoms with Crippen LogP contribution in [0.15, 0.2) is 47.4 Å². The standard InChI is InChI=1S/C12H12ClN5O4S.C12H16O4S/c1-7-14-10(17-12(15-7)22-2)16-11(19)18-23(20,21)9-6-4-3-5-8(9)13;1-12(2)8-16-11-4-3-9(7-10(11)12)5-6-17(13,14)15/h3-6H,1-2H3,(H2,14,15,16,17,18,19);3-4,7H,5-6,8H2,1-2H3,(H,13,14,15). The van der Waals surface area contributed by atoms with Crippen molar-refractivity contribution in [3.8, 4) is 11.8 Å². The van der Waals surface area contributed by atoms with Crippen molar-refractivity contribution in [3.63, 3.8) is 0 Å². The Balaban J connectivity index is 0.000000230. The first-order chi connectivity index (χ1) is 18.6. The predicted octanol–water partition coefficient (Wildman–Crippen LogP) is 3.14. The lowest BCUT2D eigenvalue weighted by molar-refractivity contribution is 0.256. The van der Waals surface area contributed by atoms with Gasteiger partial charge in [-0.05, 0) is 37.1 Å². The van der Waals surface area contributed by atoms with E-state index in [9.17, 15) is 21.6 Å². The molecule has 1 aliphatic heterocycles. The Morgan fingerprint density at radius 2 is 1.82 bits per heavy atom. The number of amides is 2. The number of aryl methyl sites for hydroxylation is 2. The lowest BCUT2D eigenvalue weighted by Crippen LogP contribution is -2.35. The summed E-state index contributed by atoms with van der Waals surface area (Å²) in [5.74, 6) is 0.764. The molecule has 16 heteroatoms. The number of benzene rings is 2. The number of carbonyl (C=O) groups is 1.